The Morgan fingerprint density at radius 3 is 2.26 bits per heavy atom. The highest BCUT2D eigenvalue weighted by molar-refractivity contribution is 9.10. The average molecular weight is 326 g/mol. The molecule has 2 aromatic rings. The number of halogens is 3. The summed E-state index contributed by atoms with van der Waals surface area (Å²) in [7, 11) is 0. The molecule has 0 aromatic heterocycles. The maximum Gasteiger partial charge on any atom is 0.137 e. The van der Waals surface area contributed by atoms with Crippen LogP contribution in [0.1, 0.15) is 24.1 Å². The number of benzene rings is 2. The molecule has 0 saturated heterocycles. The van der Waals surface area contributed by atoms with Crippen molar-refractivity contribution in [1.82, 2.24) is 5.32 Å². The summed E-state index contributed by atoms with van der Waals surface area (Å²) >= 11 is 3.19. The van der Waals surface area contributed by atoms with E-state index in [1.54, 1.807) is 24.3 Å². The zero-order valence-corrected chi connectivity index (χ0v) is 12.0. The first kappa shape index (κ1) is 14.2. The topological polar surface area (TPSA) is 12.0 Å². The van der Waals surface area contributed by atoms with Crippen molar-refractivity contribution in [2.45, 2.75) is 13.0 Å². The molecule has 0 amide bonds. The van der Waals surface area contributed by atoms with Crippen molar-refractivity contribution in [3.63, 3.8) is 0 Å². The maximum atomic E-state index is 13.3. The third-order valence-electron chi connectivity index (χ3n) is 2.89. The minimum Gasteiger partial charge on any atom is -0.307 e. The van der Waals surface area contributed by atoms with Crippen molar-refractivity contribution >= 4 is 15.9 Å². The van der Waals surface area contributed by atoms with Gasteiger partial charge < -0.3 is 5.32 Å². The van der Waals surface area contributed by atoms with E-state index in [1.165, 1.54) is 18.2 Å². The monoisotopic (exact) mass is 325 g/mol. The van der Waals surface area contributed by atoms with E-state index < -0.39 is 0 Å². The molecule has 0 aliphatic heterocycles. The SMILES string of the molecule is CCNC(c1ccc(F)cc1)c1ccc(F)c(Br)c1. The third kappa shape index (κ3) is 3.39. The summed E-state index contributed by atoms with van der Waals surface area (Å²) in [5, 5.41) is 3.32. The highest BCUT2D eigenvalue weighted by Crippen LogP contribution is 2.26. The lowest BCUT2D eigenvalue weighted by Gasteiger charge is -2.19. The minimum absolute atomic E-state index is 0.0810. The van der Waals surface area contributed by atoms with Crippen molar-refractivity contribution < 1.29 is 8.78 Å². The molecule has 0 bridgehead atoms. The summed E-state index contributed by atoms with van der Waals surface area (Å²) in [5.41, 5.74) is 1.88. The molecular formula is C15H14BrF2N. The molecule has 0 saturated carbocycles. The lowest BCUT2D eigenvalue weighted by atomic mass is 9.98. The molecule has 0 spiro atoms. The fourth-order valence-corrected chi connectivity index (χ4v) is 2.38. The molecule has 2 aromatic carbocycles. The Hall–Kier alpha value is -1.26. The zero-order valence-electron chi connectivity index (χ0n) is 10.5. The maximum absolute atomic E-state index is 13.3. The van der Waals surface area contributed by atoms with Crippen LogP contribution in [-0.2, 0) is 0 Å². The Morgan fingerprint density at radius 1 is 1.05 bits per heavy atom. The van der Waals surface area contributed by atoms with E-state index in [0.717, 1.165) is 17.7 Å². The second kappa shape index (κ2) is 6.26. The van der Waals surface area contributed by atoms with Crippen LogP contribution in [0.15, 0.2) is 46.9 Å². The molecule has 1 N–H and O–H groups in total. The first-order valence-corrected chi connectivity index (χ1v) is 6.85. The Balaban J connectivity index is 2.38. The molecule has 2 rings (SSSR count). The number of nitrogens with one attached hydrogen (secondary N) is 1. The number of rotatable bonds is 4. The van der Waals surface area contributed by atoms with Crippen LogP contribution in [0.4, 0.5) is 8.78 Å². The lowest BCUT2D eigenvalue weighted by molar-refractivity contribution is 0.604. The van der Waals surface area contributed by atoms with Gasteiger partial charge in [-0.25, -0.2) is 8.78 Å². The molecule has 4 heteroatoms. The van der Waals surface area contributed by atoms with Crippen LogP contribution in [0.2, 0.25) is 0 Å². The van der Waals surface area contributed by atoms with E-state index in [0.29, 0.717) is 4.47 Å². The summed E-state index contributed by atoms with van der Waals surface area (Å²) < 4.78 is 26.7. The van der Waals surface area contributed by atoms with Gasteiger partial charge >= 0.3 is 0 Å². The van der Waals surface area contributed by atoms with Crippen LogP contribution in [-0.4, -0.2) is 6.54 Å². The van der Waals surface area contributed by atoms with Crippen LogP contribution >= 0.6 is 15.9 Å². The van der Waals surface area contributed by atoms with Crippen molar-refractivity contribution in [1.29, 1.82) is 0 Å². The third-order valence-corrected chi connectivity index (χ3v) is 3.50. The van der Waals surface area contributed by atoms with Gasteiger partial charge in [0.05, 0.1) is 10.5 Å². The predicted octanol–water partition coefficient (Wildman–Crippen LogP) is 4.43. The average Bonchev–Trinajstić information content (AvgIpc) is 2.41. The van der Waals surface area contributed by atoms with Gasteiger partial charge in [0.2, 0.25) is 0 Å². The molecule has 1 unspecified atom stereocenters. The van der Waals surface area contributed by atoms with Gasteiger partial charge in [0.1, 0.15) is 11.6 Å². The largest absolute Gasteiger partial charge is 0.307 e. The van der Waals surface area contributed by atoms with E-state index in [-0.39, 0.29) is 17.7 Å². The van der Waals surface area contributed by atoms with Crippen LogP contribution in [0.5, 0.6) is 0 Å². The molecule has 19 heavy (non-hydrogen) atoms. The van der Waals surface area contributed by atoms with Gasteiger partial charge in [0.25, 0.3) is 0 Å². The van der Waals surface area contributed by atoms with E-state index in [4.69, 9.17) is 0 Å². The first-order valence-electron chi connectivity index (χ1n) is 6.05. The molecule has 0 aliphatic rings. The molecule has 0 fully saturated rings. The number of hydrogen-bond donors (Lipinski definition) is 1. The van der Waals surface area contributed by atoms with Crippen LogP contribution < -0.4 is 5.32 Å². The predicted molar refractivity (Wildman–Crippen MR) is 76.0 cm³/mol. The van der Waals surface area contributed by atoms with Crippen molar-refractivity contribution in [2.24, 2.45) is 0 Å². The summed E-state index contributed by atoms with van der Waals surface area (Å²) in [4.78, 5) is 0. The van der Waals surface area contributed by atoms with Crippen molar-refractivity contribution in [3.05, 3.63) is 69.7 Å². The quantitative estimate of drug-likeness (QED) is 0.877. The highest BCUT2D eigenvalue weighted by atomic mass is 79.9. The van der Waals surface area contributed by atoms with E-state index in [9.17, 15) is 8.78 Å². The van der Waals surface area contributed by atoms with Gasteiger partial charge in [-0.1, -0.05) is 25.1 Å². The summed E-state index contributed by atoms with van der Waals surface area (Å²) in [6.45, 7) is 2.76. The van der Waals surface area contributed by atoms with Gasteiger partial charge in [-0.05, 0) is 57.9 Å². The standard InChI is InChI=1S/C15H14BrF2N/c1-2-19-15(10-3-6-12(17)7-4-10)11-5-8-14(18)13(16)9-11/h3-9,15,19H,2H2,1H3. The van der Waals surface area contributed by atoms with Gasteiger partial charge in [-0.2, -0.15) is 0 Å². The van der Waals surface area contributed by atoms with Crippen molar-refractivity contribution in [2.75, 3.05) is 6.54 Å². The van der Waals surface area contributed by atoms with E-state index >= 15 is 0 Å². The van der Waals surface area contributed by atoms with Crippen molar-refractivity contribution in [3.8, 4) is 0 Å². The molecule has 0 radical (unpaired) electrons. The molecule has 1 nitrogen and oxygen atoms in total. The van der Waals surface area contributed by atoms with E-state index in [1.807, 2.05) is 6.92 Å². The molecular weight excluding hydrogens is 312 g/mol. The number of hydrogen-bond acceptors (Lipinski definition) is 1. The minimum atomic E-state index is -0.293. The Bertz CT molecular complexity index is 555. The Morgan fingerprint density at radius 2 is 1.68 bits per heavy atom. The molecule has 0 aliphatic carbocycles. The lowest BCUT2D eigenvalue weighted by Crippen LogP contribution is -2.22. The van der Waals surface area contributed by atoms with Gasteiger partial charge in [0.15, 0.2) is 0 Å². The second-order valence-corrected chi connectivity index (χ2v) is 5.07. The van der Waals surface area contributed by atoms with E-state index in [2.05, 4.69) is 21.2 Å². The van der Waals surface area contributed by atoms with Crippen LogP contribution in [0.3, 0.4) is 0 Å². The molecule has 0 heterocycles. The smallest absolute Gasteiger partial charge is 0.137 e. The fourth-order valence-electron chi connectivity index (χ4n) is 1.98. The first-order chi connectivity index (χ1) is 9.11. The van der Waals surface area contributed by atoms with Gasteiger partial charge in [-0.15, -0.1) is 0 Å². The fraction of sp³-hybridized carbons (Fsp3) is 0.200. The van der Waals surface area contributed by atoms with Gasteiger partial charge in [-0.3, -0.25) is 0 Å². The van der Waals surface area contributed by atoms with Crippen LogP contribution in [0.25, 0.3) is 0 Å². The summed E-state index contributed by atoms with van der Waals surface area (Å²) in [5.74, 6) is -0.558. The molecule has 100 valence electrons. The molecule has 1 atom stereocenters. The van der Waals surface area contributed by atoms with Gasteiger partial charge in [0, 0.05) is 0 Å². The summed E-state index contributed by atoms with van der Waals surface area (Å²) in [6.07, 6.45) is 0. The Labute approximate surface area is 119 Å². The highest BCUT2D eigenvalue weighted by Gasteiger charge is 2.14. The zero-order chi connectivity index (χ0) is 13.8. The second-order valence-electron chi connectivity index (χ2n) is 4.22. The summed E-state index contributed by atoms with van der Waals surface area (Å²) in [6, 6.07) is 11.1. The Kier molecular flexibility index (Phi) is 4.66. The van der Waals surface area contributed by atoms with Crippen LogP contribution in [0, 0.1) is 11.6 Å². The normalized spacial score (nSPS) is 12.4.